The zero-order valence-electron chi connectivity index (χ0n) is 8.08. The van der Waals surface area contributed by atoms with Crippen molar-refractivity contribution in [3.63, 3.8) is 0 Å². The highest BCUT2D eigenvalue weighted by Gasteiger charge is 2.20. The van der Waals surface area contributed by atoms with Gasteiger partial charge >= 0.3 is 0 Å². The molecule has 0 amide bonds. The lowest BCUT2D eigenvalue weighted by molar-refractivity contribution is 0.100. The predicted molar refractivity (Wildman–Crippen MR) is 62.0 cm³/mol. The topological polar surface area (TPSA) is 21.5 Å². The lowest BCUT2D eigenvalue weighted by Gasteiger charge is -2.03. The molecule has 0 N–H and O–H groups in total. The second kappa shape index (κ2) is 3.87. The summed E-state index contributed by atoms with van der Waals surface area (Å²) < 4.78 is 1.80. The van der Waals surface area contributed by atoms with Gasteiger partial charge in [0.2, 0.25) is 5.78 Å². The third-order valence-electron chi connectivity index (χ3n) is 2.30. The normalized spacial score (nSPS) is 11.2. The Kier molecular flexibility index (Phi) is 2.72. The summed E-state index contributed by atoms with van der Waals surface area (Å²) in [4.78, 5) is 10.7. The molecule has 15 heavy (non-hydrogen) atoms. The predicted octanol–water partition coefficient (Wildman–Crippen LogP) is 3.23. The number of carbonyl (C=O) groups excluding carboxylic acids is 1. The van der Waals surface area contributed by atoms with Crippen LogP contribution in [-0.4, -0.2) is 15.0 Å². The van der Waals surface area contributed by atoms with E-state index in [0.717, 1.165) is 11.1 Å². The van der Waals surface area contributed by atoms with Crippen LogP contribution in [0.5, 0.6) is 0 Å². The van der Waals surface area contributed by atoms with Gasteiger partial charge in [-0.05, 0) is 30.7 Å². The van der Waals surface area contributed by atoms with E-state index < -0.39 is 4.84 Å². The second-order valence-corrected chi connectivity index (χ2v) is 4.43. The van der Waals surface area contributed by atoms with Gasteiger partial charge < -0.3 is 4.40 Å². The highest BCUT2D eigenvalue weighted by Crippen LogP contribution is 2.20. The number of hydrogen-bond donors (Lipinski definition) is 0. The van der Waals surface area contributed by atoms with E-state index in [1.165, 1.54) is 0 Å². The van der Waals surface area contributed by atoms with Crippen LogP contribution in [0.1, 0.15) is 16.1 Å². The molecule has 0 atom stereocenters. The molecular weight excluding hydrogens is 233 g/mol. The van der Waals surface area contributed by atoms with Crippen LogP contribution in [0.3, 0.4) is 0 Å². The Morgan fingerprint density at radius 2 is 2.13 bits per heavy atom. The Balaban J connectivity index is 2.69. The molecule has 2 heterocycles. The fourth-order valence-corrected chi connectivity index (χ4v) is 1.88. The molecule has 0 spiro atoms. The van der Waals surface area contributed by atoms with Crippen LogP contribution in [0, 0.1) is 6.92 Å². The van der Waals surface area contributed by atoms with Crippen molar-refractivity contribution in [1.29, 1.82) is 0 Å². The molecule has 0 aromatic carbocycles. The molecule has 2 aromatic rings. The molecule has 0 saturated carbocycles. The SMILES string of the molecule is Cc1cc2ccccn2c1C(=O)C(Cl)Cl. The maximum Gasteiger partial charge on any atom is 0.212 e. The fourth-order valence-electron chi connectivity index (χ4n) is 1.67. The second-order valence-electron chi connectivity index (χ2n) is 3.34. The van der Waals surface area contributed by atoms with E-state index in [2.05, 4.69) is 0 Å². The van der Waals surface area contributed by atoms with E-state index in [1.807, 2.05) is 37.4 Å². The molecule has 2 aromatic heterocycles. The standard InChI is InChI=1S/C11H9Cl2NO/c1-7-6-8-4-2-3-5-14(8)9(7)10(15)11(12)13/h2-6,11H,1H3. The van der Waals surface area contributed by atoms with Crippen molar-refractivity contribution in [2.75, 3.05) is 0 Å². The zero-order valence-corrected chi connectivity index (χ0v) is 9.59. The van der Waals surface area contributed by atoms with Crippen LogP contribution in [-0.2, 0) is 0 Å². The number of rotatable bonds is 2. The highest BCUT2D eigenvalue weighted by atomic mass is 35.5. The first-order valence-corrected chi connectivity index (χ1v) is 5.37. The van der Waals surface area contributed by atoms with Crippen LogP contribution in [0.25, 0.3) is 5.52 Å². The average molecular weight is 242 g/mol. The summed E-state index contributed by atoms with van der Waals surface area (Å²) >= 11 is 11.2. The number of pyridine rings is 1. The summed E-state index contributed by atoms with van der Waals surface area (Å²) in [6, 6.07) is 7.65. The summed E-state index contributed by atoms with van der Waals surface area (Å²) in [6.07, 6.45) is 1.83. The van der Waals surface area contributed by atoms with Gasteiger partial charge in [0.25, 0.3) is 0 Å². The number of ketones is 1. The van der Waals surface area contributed by atoms with Gasteiger partial charge in [-0.3, -0.25) is 4.79 Å². The van der Waals surface area contributed by atoms with Gasteiger partial charge in [-0.1, -0.05) is 29.3 Å². The molecule has 0 unspecified atom stereocenters. The molecule has 0 fully saturated rings. The van der Waals surface area contributed by atoms with Gasteiger partial charge in [0, 0.05) is 11.7 Å². The molecule has 0 bridgehead atoms. The fraction of sp³-hybridized carbons (Fsp3) is 0.182. The number of carbonyl (C=O) groups is 1. The third-order valence-corrected chi connectivity index (χ3v) is 2.70. The summed E-state index contributed by atoms with van der Waals surface area (Å²) in [5, 5.41) is 0. The van der Waals surface area contributed by atoms with Crippen LogP contribution >= 0.6 is 23.2 Å². The monoisotopic (exact) mass is 241 g/mol. The molecule has 0 aliphatic rings. The van der Waals surface area contributed by atoms with Crippen molar-refractivity contribution in [2.24, 2.45) is 0 Å². The minimum Gasteiger partial charge on any atom is -0.314 e. The first-order chi connectivity index (χ1) is 7.11. The largest absolute Gasteiger partial charge is 0.314 e. The summed E-state index contributed by atoms with van der Waals surface area (Å²) in [7, 11) is 0. The van der Waals surface area contributed by atoms with Crippen molar-refractivity contribution in [1.82, 2.24) is 4.40 Å². The zero-order chi connectivity index (χ0) is 11.0. The van der Waals surface area contributed by atoms with Gasteiger partial charge in [0.05, 0.1) is 5.69 Å². The highest BCUT2D eigenvalue weighted by molar-refractivity contribution is 6.55. The van der Waals surface area contributed by atoms with Gasteiger partial charge in [-0.25, -0.2) is 0 Å². The number of alkyl halides is 2. The Hall–Kier alpha value is -0.990. The van der Waals surface area contributed by atoms with E-state index in [1.54, 1.807) is 4.40 Å². The first-order valence-electron chi connectivity index (χ1n) is 4.50. The van der Waals surface area contributed by atoms with E-state index in [0.29, 0.717) is 5.69 Å². The van der Waals surface area contributed by atoms with E-state index >= 15 is 0 Å². The number of aryl methyl sites for hydroxylation is 1. The quantitative estimate of drug-likeness (QED) is 0.585. The number of nitrogens with zero attached hydrogens (tertiary/aromatic N) is 1. The summed E-state index contributed by atoms with van der Waals surface area (Å²) in [5.41, 5.74) is 2.41. The number of fused-ring (bicyclic) bond motifs is 1. The number of hydrogen-bond acceptors (Lipinski definition) is 1. The summed E-state index contributed by atoms with van der Waals surface area (Å²) in [6.45, 7) is 1.87. The number of halogens is 2. The molecule has 0 aliphatic heterocycles. The first kappa shape index (κ1) is 10.5. The molecule has 2 rings (SSSR count). The van der Waals surface area contributed by atoms with Gasteiger partial charge in [-0.15, -0.1) is 0 Å². The van der Waals surface area contributed by atoms with Crippen molar-refractivity contribution < 1.29 is 4.79 Å². The van der Waals surface area contributed by atoms with E-state index in [-0.39, 0.29) is 5.78 Å². The number of Topliss-reactive ketones (excluding diaryl/α,β-unsaturated/α-hetero) is 1. The molecule has 0 aliphatic carbocycles. The van der Waals surface area contributed by atoms with Gasteiger partial charge in [0.15, 0.2) is 4.84 Å². The van der Waals surface area contributed by atoms with Crippen molar-refractivity contribution >= 4 is 34.5 Å². The Morgan fingerprint density at radius 1 is 1.40 bits per heavy atom. The molecule has 78 valence electrons. The Morgan fingerprint density at radius 3 is 2.80 bits per heavy atom. The average Bonchev–Trinajstić information content (AvgIpc) is 2.52. The van der Waals surface area contributed by atoms with Crippen LogP contribution in [0.15, 0.2) is 30.5 Å². The van der Waals surface area contributed by atoms with Crippen LogP contribution in [0.4, 0.5) is 0 Å². The molecule has 0 radical (unpaired) electrons. The molecule has 4 heteroatoms. The van der Waals surface area contributed by atoms with Crippen LogP contribution in [0.2, 0.25) is 0 Å². The summed E-state index contributed by atoms with van der Waals surface area (Å²) in [5.74, 6) is -0.262. The van der Waals surface area contributed by atoms with Gasteiger partial charge in [0.1, 0.15) is 0 Å². The number of aromatic nitrogens is 1. The molecule has 0 saturated heterocycles. The Labute approximate surface area is 97.4 Å². The molecular formula is C11H9Cl2NO. The maximum atomic E-state index is 11.8. The smallest absolute Gasteiger partial charge is 0.212 e. The maximum absolute atomic E-state index is 11.8. The lowest BCUT2D eigenvalue weighted by Crippen LogP contribution is -2.12. The lowest BCUT2D eigenvalue weighted by atomic mass is 10.2. The van der Waals surface area contributed by atoms with Crippen molar-refractivity contribution in [3.8, 4) is 0 Å². The van der Waals surface area contributed by atoms with Gasteiger partial charge in [-0.2, -0.15) is 0 Å². The minimum atomic E-state index is -1.01. The Bertz CT molecular complexity index is 516. The van der Waals surface area contributed by atoms with E-state index in [4.69, 9.17) is 23.2 Å². The van der Waals surface area contributed by atoms with Crippen LogP contribution < -0.4 is 0 Å². The third kappa shape index (κ3) is 1.75. The van der Waals surface area contributed by atoms with Crippen molar-refractivity contribution in [3.05, 3.63) is 41.7 Å². The van der Waals surface area contributed by atoms with Crippen molar-refractivity contribution in [2.45, 2.75) is 11.8 Å². The molecule has 2 nitrogen and oxygen atoms in total. The minimum absolute atomic E-state index is 0.262. The van der Waals surface area contributed by atoms with E-state index in [9.17, 15) is 4.79 Å².